The van der Waals surface area contributed by atoms with E-state index in [1.807, 2.05) is 38.1 Å². The zero-order chi connectivity index (χ0) is 13.7. The van der Waals surface area contributed by atoms with Crippen LogP contribution >= 0.6 is 0 Å². The van der Waals surface area contributed by atoms with Gasteiger partial charge in [0, 0.05) is 17.5 Å². The number of aromatic nitrogens is 1. The molecule has 0 saturated carbocycles. The summed E-state index contributed by atoms with van der Waals surface area (Å²) in [6, 6.07) is 7.36. The normalized spacial score (nSPS) is 10.2. The van der Waals surface area contributed by atoms with Gasteiger partial charge < -0.3 is 14.5 Å². The number of carbonyl (C=O) groups excluding carboxylic acids is 1. The van der Waals surface area contributed by atoms with E-state index in [4.69, 9.17) is 9.15 Å². The molecule has 5 heteroatoms. The molecule has 0 aliphatic rings. The van der Waals surface area contributed by atoms with Crippen LogP contribution in [0.2, 0.25) is 0 Å². The van der Waals surface area contributed by atoms with Gasteiger partial charge in [-0.15, -0.1) is 0 Å². The first-order valence-corrected chi connectivity index (χ1v) is 6.01. The number of aryl methyl sites for hydroxylation is 2. The summed E-state index contributed by atoms with van der Waals surface area (Å²) in [5, 5.41) is 2.63. The molecule has 2 heterocycles. The van der Waals surface area contributed by atoms with Crippen LogP contribution in [0.5, 0.6) is 0 Å². The zero-order valence-corrected chi connectivity index (χ0v) is 11.0. The number of nitrogens with one attached hydrogen (secondary N) is 1. The van der Waals surface area contributed by atoms with Gasteiger partial charge >= 0.3 is 6.09 Å². The third-order valence-corrected chi connectivity index (χ3v) is 2.68. The quantitative estimate of drug-likeness (QED) is 0.918. The van der Waals surface area contributed by atoms with E-state index >= 15 is 0 Å². The van der Waals surface area contributed by atoms with Crippen molar-refractivity contribution in [2.24, 2.45) is 0 Å². The number of carbonyl (C=O) groups is 1. The molecule has 2 aromatic heterocycles. The fourth-order valence-electron chi connectivity index (χ4n) is 1.60. The Labute approximate surface area is 111 Å². The first kappa shape index (κ1) is 13.1. The third kappa shape index (κ3) is 3.84. The van der Waals surface area contributed by atoms with Crippen molar-refractivity contribution in [1.29, 1.82) is 0 Å². The molecule has 0 atom stereocenters. The summed E-state index contributed by atoms with van der Waals surface area (Å²) in [6.07, 6.45) is 1.23. The largest absolute Gasteiger partial charge is 0.465 e. The molecule has 0 spiro atoms. The minimum atomic E-state index is -0.475. The van der Waals surface area contributed by atoms with E-state index in [0.29, 0.717) is 12.3 Å². The predicted molar refractivity (Wildman–Crippen MR) is 69.4 cm³/mol. The minimum Gasteiger partial charge on any atom is -0.465 e. The molecule has 19 heavy (non-hydrogen) atoms. The number of rotatable bonds is 4. The van der Waals surface area contributed by atoms with Crippen LogP contribution in [0.3, 0.4) is 0 Å². The second-order valence-corrected chi connectivity index (χ2v) is 4.19. The van der Waals surface area contributed by atoms with Crippen LogP contribution in [-0.2, 0) is 17.9 Å². The highest BCUT2D eigenvalue weighted by Crippen LogP contribution is 2.07. The highest BCUT2D eigenvalue weighted by Gasteiger charge is 2.06. The predicted octanol–water partition coefficient (Wildman–Crippen LogP) is 2.72. The number of ether oxygens (including phenoxy) is 1. The first-order valence-electron chi connectivity index (χ1n) is 6.01. The second kappa shape index (κ2) is 6.04. The van der Waals surface area contributed by atoms with Crippen molar-refractivity contribution >= 4 is 6.09 Å². The lowest BCUT2D eigenvalue weighted by Gasteiger charge is -2.07. The molecule has 2 aromatic rings. The van der Waals surface area contributed by atoms with Crippen LogP contribution < -0.4 is 5.32 Å². The summed E-state index contributed by atoms with van der Waals surface area (Å²) in [5.41, 5.74) is 1.75. The fraction of sp³-hybridized carbons (Fsp3) is 0.286. The average Bonchev–Trinajstić information content (AvgIpc) is 2.81. The molecule has 1 amide bonds. The van der Waals surface area contributed by atoms with E-state index < -0.39 is 6.09 Å². The van der Waals surface area contributed by atoms with Crippen molar-refractivity contribution in [2.45, 2.75) is 27.0 Å². The fourth-order valence-corrected chi connectivity index (χ4v) is 1.60. The molecule has 0 fully saturated rings. The third-order valence-electron chi connectivity index (χ3n) is 2.68. The van der Waals surface area contributed by atoms with E-state index in [-0.39, 0.29) is 6.61 Å². The molecule has 2 rings (SSSR count). The lowest BCUT2D eigenvalue weighted by atomic mass is 10.2. The van der Waals surface area contributed by atoms with Crippen LogP contribution in [0, 0.1) is 13.8 Å². The van der Waals surface area contributed by atoms with Gasteiger partial charge in [-0.2, -0.15) is 0 Å². The molecule has 0 aromatic carbocycles. The van der Waals surface area contributed by atoms with Crippen molar-refractivity contribution < 1.29 is 13.9 Å². The van der Waals surface area contributed by atoms with Crippen molar-refractivity contribution in [1.82, 2.24) is 10.3 Å². The molecule has 0 aliphatic carbocycles. The first-order chi connectivity index (χ1) is 9.15. The maximum absolute atomic E-state index is 11.5. The number of hydrogen-bond acceptors (Lipinski definition) is 4. The van der Waals surface area contributed by atoms with E-state index in [1.54, 1.807) is 6.20 Å². The Hall–Kier alpha value is -2.30. The summed E-state index contributed by atoms with van der Waals surface area (Å²) in [4.78, 5) is 15.6. The van der Waals surface area contributed by atoms with Gasteiger partial charge in [0.25, 0.3) is 0 Å². The van der Waals surface area contributed by atoms with Gasteiger partial charge in [-0.1, -0.05) is 6.07 Å². The summed E-state index contributed by atoms with van der Waals surface area (Å²) in [6.45, 7) is 4.26. The van der Waals surface area contributed by atoms with Gasteiger partial charge in [-0.3, -0.25) is 4.98 Å². The van der Waals surface area contributed by atoms with Gasteiger partial charge in [0.15, 0.2) is 0 Å². The van der Waals surface area contributed by atoms with E-state index in [9.17, 15) is 4.79 Å². The van der Waals surface area contributed by atoms with E-state index in [0.717, 1.165) is 17.0 Å². The number of furan rings is 1. The Morgan fingerprint density at radius 1 is 1.37 bits per heavy atom. The molecular weight excluding hydrogens is 244 g/mol. The van der Waals surface area contributed by atoms with Crippen molar-refractivity contribution in [3.8, 4) is 0 Å². The van der Waals surface area contributed by atoms with Crippen LogP contribution in [-0.4, -0.2) is 11.1 Å². The Bertz CT molecular complexity index is 563. The number of hydrogen-bond donors (Lipinski definition) is 1. The van der Waals surface area contributed by atoms with Gasteiger partial charge in [-0.05, 0) is 32.0 Å². The highest BCUT2D eigenvalue weighted by molar-refractivity contribution is 5.67. The zero-order valence-electron chi connectivity index (χ0n) is 11.0. The highest BCUT2D eigenvalue weighted by atomic mass is 16.5. The molecule has 5 nitrogen and oxygen atoms in total. The molecule has 0 radical (unpaired) electrons. The van der Waals surface area contributed by atoms with Crippen molar-refractivity contribution in [3.63, 3.8) is 0 Å². The lowest BCUT2D eigenvalue weighted by molar-refractivity contribution is 0.138. The Morgan fingerprint density at radius 3 is 2.89 bits per heavy atom. The van der Waals surface area contributed by atoms with E-state index in [1.165, 1.54) is 0 Å². The maximum atomic E-state index is 11.5. The average molecular weight is 260 g/mol. The van der Waals surface area contributed by atoms with Crippen LogP contribution in [0.15, 0.2) is 34.9 Å². The smallest absolute Gasteiger partial charge is 0.407 e. The topological polar surface area (TPSA) is 64.4 Å². The van der Waals surface area contributed by atoms with Gasteiger partial charge in [0.05, 0.1) is 6.54 Å². The molecular formula is C14H16N2O3. The minimum absolute atomic E-state index is 0.211. The standard InChI is InChI=1S/C14H16N2O3/c1-10-5-6-13(19-10)8-16-14(17)18-9-12-4-3-7-15-11(12)2/h3-7H,8-9H2,1-2H3,(H,16,17). The van der Waals surface area contributed by atoms with Gasteiger partial charge in [-0.25, -0.2) is 4.79 Å². The monoisotopic (exact) mass is 260 g/mol. The summed E-state index contributed by atoms with van der Waals surface area (Å²) in [5.74, 6) is 1.52. The van der Waals surface area contributed by atoms with Crippen molar-refractivity contribution in [3.05, 3.63) is 53.2 Å². The Kier molecular flexibility index (Phi) is 4.18. The van der Waals surface area contributed by atoms with Crippen molar-refractivity contribution in [2.75, 3.05) is 0 Å². The molecule has 0 unspecified atom stereocenters. The Balaban J connectivity index is 1.77. The summed E-state index contributed by atoms with van der Waals surface area (Å²) >= 11 is 0. The Morgan fingerprint density at radius 2 is 2.21 bits per heavy atom. The maximum Gasteiger partial charge on any atom is 0.407 e. The number of nitrogens with zero attached hydrogens (tertiary/aromatic N) is 1. The number of pyridine rings is 1. The molecule has 0 bridgehead atoms. The summed E-state index contributed by atoms with van der Waals surface area (Å²) < 4.78 is 10.4. The molecule has 1 N–H and O–H groups in total. The van der Waals surface area contributed by atoms with E-state index in [2.05, 4.69) is 10.3 Å². The van der Waals surface area contributed by atoms with Crippen LogP contribution in [0.4, 0.5) is 4.79 Å². The van der Waals surface area contributed by atoms with Gasteiger partial charge in [0.1, 0.15) is 18.1 Å². The van der Waals surface area contributed by atoms with Crippen LogP contribution in [0.1, 0.15) is 22.8 Å². The SMILES string of the molecule is Cc1ccc(CNC(=O)OCc2cccnc2C)o1. The number of alkyl carbamates (subject to hydrolysis) is 1. The summed E-state index contributed by atoms with van der Waals surface area (Å²) in [7, 11) is 0. The molecule has 0 saturated heterocycles. The number of amides is 1. The molecule has 0 aliphatic heterocycles. The van der Waals surface area contributed by atoms with Gasteiger partial charge in [0.2, 0.25) is 0 Å². The lowest BCUT2D eigenvalue weighted by Crippen LogP contribution is -2.23. The van der Waals surface area contributed by atoms with Crippen LogP contribution in [0.25, 0.3) is 0 Å². The molecule has 100 valence electrons. The second-order valence-electron chi connectivity index (χ2n) is 4.19.